The van der Waals surface area contributed by atoms with E-state index in [1.165, 1.54) is 26.4 Å². The molecule has 0 saturated carbocycles. The zero-order chi connectivity index (χ0) is 17.4. The molecule has 1 saturated heterocycles. The Morgan fingerprint density at radius 2 is 1.74 bits per heavy atom. The first-order valence-electron chi connectivity index (χ1n) is 7.23. The number of nitriles is 1. The maximum Gasteiger partial charge on any atom is 0.496 e. The highest BCUT2D eigenvalue weighted by molar-refractivity contribution is 6.63. The fraction of sp³-hybridized carbons (Fsp3) is 0.500. The van der Waals surface area contributed by atoms with E-state index in [2.05, 4.69) is 6.07 Å². The first kappa shape index (κ1) is 17.3. The first-order chi connectivity index (χ1) is 10.7. The minimum atomic E-state index is -0.746. The van der Waals surface area contributed by atoms with Crippen LogP contribution in [0.3, 0.4) is 0 Å². The summed E-state index contributed by atoms with van der Waals surface area (Å²) in [5.41, 5.74) is -0.0649. The molecular formula is C16H20BNO5. The van der Waals surface area contributed by atoms with Crippen molar-refractivity contribution < 1.29 is 23.6 Å². The zero-order valence-corrected chi connectivity index (χ0v) is 14.2. The number of rotatable bonds is 3. The normalized spacial score (nSPS) is 18.4. The minimum absolute atomic E-state index is 0.221. The molecule has 7 heteroatoms. The summed E-state index contributed by atoms with van der Waals surface area (Å²) in [5.74, 6) is -0.280. The van der Waals surface area contributed by atoms with E-state index in [9.17, 15) is 10.1 Å². The van der Waals surface area contributed by atoms with Crippen molar-refractivity contribution in [3.8, 4) is 11.8 Å². The maximum absolute atomic E-state index is 11.9. The molecule has 1 fully saturated rings. The molecule has 122 valence electrons. The van der Waals surface area contributed by atoms with Crippen LogP contribution in [0.25, 0.3) is 0 Å². The van der Waals surface area contributed by atoms with Crippen molar-refractivity contribution in [1.29, 1.82) is 5.26 Å². The molecular weight excluding hydrogens is 297 g/mol. The van der Waals surface area contributed by atoms with Gasteiger partial charge in [0, 0.05) is 5.46 Å². The van der Waals surface area contributed by atoms with Gasteiger partial charge in [0.05, 0.1) is 37.1 Å². The van der Waals surface area contributed by atoms with Crippen LogP contribution in [0.2, 0.25) is 0 Å². The molecule has 1 aromatic rings. The summed E-state index contributed by atoms with van der Waals surface area (Å²) >= 11 is 0. The van der Waals surface area contributed by atoms with Gasteiger partial charge in [0.2, 0.25) is 0 Å². The van der Waals surface area contributed by atoms with Crippen molar-refractivity contribution in [2.45, 2.75) is 38.9 Å². The predicted octanol–water partition coefficient (Wildman–Crippen LogP) is 1.65. The van der Waals surface area contributed by atoms with Crippen LogP contribution in [0.4, 0.5) is 0 Å². The zero-order valence-electron chi connectivity index (χ0n) is 14.2. The summed E-state index contributed by atoms with van der Waals surface area (Å²) < 4.78 is 21.9. The average molecular weight is 317 g/mol. The predicted molar refractivity (Wildman–Crippen MR) is 84.8 cm³/mol. The van der Waals surface area contributed by atoms with Gasteiger partial charge in [-0.15, -0.1) is 0 Å². The van der Waals surface area contributed by atoms with Gasteiger partial charge in [-0.25, -0.2) is 4.79 Å². The van der Waals surface area contributed by atoms with Crippen molar-refractivity contribution in [2.75, 3.05) is 14.2 Å². The van der Waals surface area contributed by atoms with Crippen molar-refractivity contribution in [1.82, 2.24) is 0 Å². The lowest BCUT2D eigenvalue weighted by atomic mass is 9.75. The van der Waals surface area contributed by atoms with E-state index in [1.54, 1.807) is 0 Å². The SMILES string of the molecule is COC(=O)c1cc(B2OC(C)(C)C(C)(C)O2)c(C#N)cc1OC. The van der Waals surface area contributed by atoms with Crippen LogP contribution in [0.15, 0.2) is 12.1 Å². The van der Waals surface area contributed by atoms with Crippen LogP contribution in [0.5, 0.6) is 5.75 Å². The fourth-order valence-electron chi connectivity index (χ4n) is 2.30. The summed E-state index contributed by atoms with van der Waals surface area (Å²) in [6.07, 6.45) is 0. The maximum atomic E-state index is 11.9. The van der Waals surface area contributed by atoms with Gasteiger partial charge in [-0.05, 0) is 39.8 Å². The molecule has 1 heterocycles. The van der Waals surface area contributed by atoms with Crippen LogP contribution in [0.1, 0.15) is 43.6 Å². The van der Waals surface area contributed by atoms with Crippen LogP contribution >= 0.6 is 0 Å². The molecule has 23 heavy (non-hydrogen) atoms. The number of nitrogens with zero attached hydrogens (tertiary/aromatic N) is 1. The molecule has 0 radical (unpaired) electrons. The summed E-state index contributed by atoms with van der Waals surface area (Å²) in [6, 6.07) is 5.12. The van der Waals surface area contributed by atoms with Crippen LogP contribution in [-0.4, -0.2) is 38.5 Å². The molecule has 1 aliphatic heterocycles. The third kappa shape index (κ3) is 2.92. The molecule has 1 aliphatic rings. The lowest BCUT2D eigenvalue weighted by Gasteiger charge is -2.32. The number of hydrogen-bond donors (Lipinski definition) is 0. The Kier molecular flexibility index (Phi) is 4.42. The van der Waals surface area contributed by atoms with E-state index in [0.29, 0.717) is 11.0 Å². The van der Waals surface area contributed by atoms with E-state index in [1.807, 2.05) is 27.7 Å². The fourth-order valence-corrected chi connectivity index (χ4v) is 2.30. The third-order valence-corrected chi connectivity index (χ3v) is 4.40. The summed E-state index contributed by atoms with van der Waals surface area (Å²) in [7, 11) is 1.97. The molecule has 0 aliphatic carbocycles. The number of hydrogen-bond acceptors (Lipinski definition) is 6. The molecule has 2 rings (SSSR count). The van der Waals surface area contributed by atoms with Crippen molar-refractivity contribution in [3.63, 3.8) is 0 Å². The highest BCUT2D eigenvalue weighted by Gasteiger charge is 2.52. The number of carbonyl (C=O) groups excluding carboxylic acids is 1. The highest BCUT2D eigenvalue weighted by atomic mass is 16.7. The second kappa shape index (κ2) is 5.87. The molecule has 6 nitrogen and oxygen atoms in total. The monoisotopic (exact) mass is 317 g/mol. The number of esters is 1. The van der Waals surface area contributed by atoms with E-state index in [4.69, 9.17) is 18.8 Å². The molecule has 0 atom stereocenters. The number of benzene rings is 1. The Balaban J connectivity index is 2.55. The van der Waals surface area contributed by atoms with Gasteiger partial charge in [0.25, 0.3) is 0 Å². The van der Waals surface area contributed by atoms with Gasteiger partial charge < -0.3 is 18.8 Å². The molecule has 0 unspecified atom stereocenters. The van der Waals surface area contributed by atoms with E-state index in [0.717, 1.165) is 0 Å². The average Bonchev–Trinajstić information content (AvgIpc) is 2.73. The van der Waals surface area contributed by atoms with E-state index in [-0.39, 0.29) is 11.3 Å². The van der Waals surface area contributed by atoms with Gasteiger partial charge in [-0.3, -0.25) is 0 Å². The number of ether oxygens (including phenoxy) is 2. The van der Waals surface area contributed by atoms with Crippen LogP contribution < -0.4 is 10.2 Å². The van der Waals surface area contributed by atoms with E-state index < -0.39 is 24.3 Å². The molecule has 0 amide bonds. The van der Waals surface area contributed by atoms with E-state index >= 15 is 0 Å². The number of carbonyl (C=O) groups is 1. The first-order valence-corrected chi connectivity index (χ1v) is 7.23. The summed E-state index contributed by atoms with van der Waals surface area (Å²) in [6.45, 7) is 7.68. The smallest absolute Gasteiger partial charge is 0.496 e. The second-order valence-corrected chi connectivity index (χ2v) is 6.33. The number of methoxy groups -OCH3 is 2. The van der Waals surface area contributed by atoms with Gasteiger partial charge in [0.1, 0.15) is 11.3 Å². The standard InChI is InChI=1S/C16H20BNO5/c1-15(2)16(3,4)23-17(22-15)12-8-11(14(19)21-6)13(20-5)7-10(12)9-18/h7-8H,1-6H3. The molecule has 0 N–H and O–H groups in total. The third-order valence-electron chi connectivity index (χ3n) is 4.40. The van der Waals surface area contributed by atoms with Gasteiger partial charge >= 0.3 is 13.1 Å². The molecule has 0 spiro atoms. The van der Waals surface area contributed by atoms with Gasteiger partial charge in [-0.1, -0.05) is 0 Å². The lowest BCUT2D eigenvalue weighted by Crippen LogP contribution is -2.41. The molecule has 1 aromatic carbocycles. The van der Waals surface area contributed by atoms with Crippen LogP contribution in [0, 0.1) is 11.3 Å². The Bertz CT molecular complexity index is 662. The Morgan fingerprint density at radius 1 is 1.17 bits per heavy atom. The van der Waals surface area contributed by atoms with Gasteiger partial charge in [0.15, 0.2) is 0 Å². The molecule has 0 aromatic heterocycles. The largest absolute Gasteiger partial charge is 0.496 e. The molecule has 0 bridgehead atoms. The van der Waals surface area contributed by atoms with Crippen LogP contribution in [-0.2, 0) is 14.0 Å². The van der Waals surface area contributed by atoms with Gasteiger partial charge in [-0.2, -0.15) is 5.26 Å². The summed E-state index contributed by atoms with van der Waals surface area (Å²) in [4.78, 5) is 11.9. The quantitative estimate of drug-likeness (QED) is 0.623. The Morgan fingerprint density at radius 3 is 2.17 bits per heavy atom. The van der Waals surface area contributed by atoms with Crippen molar-refractivity contribution >= 4 is 18.6 Å². The highest BCUT2D eigenvalue weighted by Crippen LogP contribution is 2.37. The Hall–Kier alpha value is -2.04. The lowest BCUT2D eigenvalue weighted by molar-refractivity contribution is 0.00578. The summed E-state index contributed by atoms with van der Waals surface area (Å²) in [5, 5.41) is 9.41. The minimum Gasteiger partial charge on any atom is -0.496 e. The van der Waals surface area contributed by atoms with Crippen molar-refractivity contribution in [2.24, 2.45) is 0 Å². The topological polar surface area (TPSA) is 77.8 Å². The Labute approximate surface area is 136 Å². The second-order valence-electron chi connectivity index (χ2n) is 6.33. The van der Waals surface area contributed by atoms with Crippen molar-refractivity contribution in [3.05, 3.63) is 23.3 Å².